The number of aryl methyl sites for hydroxylation is 1. The van der Waals surface area contributed by atoms with E-state index in [9.17, 15) is 0 Å². The first-order valence-corrected chi connectivity index (χ1v) is 6.95. The van der Waals surface area contributed by atoms with E-state index in [-0.39, 0.29) is 0 Å². The van der Waals surface area contributed by atoms with Gasteiger partial charge >= 0.3 is 0 Å². The van der Waals surface area contributed by atoms with Gasteiger partial charge in [-0.05, 0) is 13.3 Å². The zero-order valence-electron chi connectivity index (χ0n) is 10.7. The molecule has 0 bridgehead atoms. The fourth-order valence-corrected chi connectivity index (χ4v) is 3.09. The second-order valence-electron chi connectivity index (χ2n) is 5.07. The van der Waals surface area contributed by atoms with Gasteiger partial charge in [0.1, 0.15) is 5.82 Å². The summed E-state index contributed by atoms with van der Waals surface area (Å²) in [5, 5.41) is 0. The lowest BCUT2D eigenvalue weighted by atomic mass is 10.1. The van der Waals surface area contributed by atoms with Gasteiger partial charge in [0.05, 0.1) is 0 Å². The van der Waals surface area contributed by atoms with E-state index in [0.717, 1.165) is 30.4 Å². The molecule has 1 aliphatic heterocycles. The van der Waals surface area contributed by atoms with Crippen molar-refractivity contribution in [3.8, 4) is 0 Å². The van der Waals surface area contributed by atoms with Gasteiger partial charge in [-0.25, -0.2) is 4.98 Å². The van der Waals surface area contributed by atoms with Crippen LogP contribution >= 0.6 is 11.8 Å². The minimum atomic E-state index is 0.363. The van der Waals surface area contributed by atoms with E-state index in [1.54, 1.807) is 0 Å². The topological polar surface area (TPSA) is 55.0 Å². The minimum Gasteiger partial charge on any atom is -0.368 e. The highest BCUT2D eigenvalue weighted by Crippen LogP contribution is 2.31. The zero-order chi connectivity index (χ0) is 12.5. The van der Waals surface area contributed by atoms with Gasteiger partial charge in [0.25, 0.3) is 0 Å². The van der Waals surface area contributed by atoms with Crippen molar-refractivity contribution in [2.45, 2.75) is 31.9 Å². The van der Waals surface area contributed by atoms with Crippen LogP contribution in [0.3, 0.4) is 0 Å². The smallest absolute Gasteiger partial charge is 0.222 e. The molecule has 0 aliphatic carbocycles. The summed E-state index contributed by atoms with van der Waals surface area (Å²) in [6.07, 6.45) is 1.17. The number of nitrogens with two attached hydrogens (primary N) is 1. The number of nitrogens with zero attached hydrogens (tertiary/aromatic N) is 3. The Kier molecular flexibility index (Phi) is 3.47. The molecule has 0 spiro atoms. The number of thioether (sulfide) groups is 1. The Bertz CT molecular complexity index is 385. The van der Waals surface area contributed by atoms with Crippen LogP contribution in [-0.4, -0.2) is 33.6 Å². The lowest BCUT2D eigenvalue weighted by molar-refractivity contribution is 0.635. The monoisotopic (exact) mass is 252 g/mol. The van der Waals surface area contributed by atoms with Gasteiger partial charge in [-0.3, -0.25) is 0 Å². The molecule has 0 saturated carbocycles. The van der Waals surface area contributed by atoms with Crippen LogP contribution in [0.4, 0.5) is 11.8 Å². The largest absolute Gasteiger partial charge is 0.368 e. The van der Waals surface area contributed by atoms with Crippen LogP contribution in [0, 0.1) is 6.92 Å². The maximum absolute atomic E-state index is 5.70. The molecule has 2 rings (SSSR count). The SMILES string of the molecule is Cc1cc(N2CCSC(C)(C)CC2)nc(N)n1. The first kappa shape index (κ1) is 12.5. The Morgan fingerprint density at radius 3 is 2.82 bits per heavy atom. The highest BCUT2D eigenvalue weighted by atomic mass is 32.2. The Morgan fingerprint density at radius 1 is 1.35 bits per heavy atom. The molecule has 2 heterocycles. The van der Waals surface area contributed by atoms with Gasteiger partial charge in [-0.15, -0.1) is 0 Å². The van der Waals surface area contributed by atoms with Gasteiger partial charge in [-0.1, -0.05) is 13.8 Å². The number of nitrogen functional groups attached to an aromatic ring is 1. The average molecular weight is 252 g/mol. The van der Waals surface area contributed by atoms with E-state index in [0.29, 0.717) is 10.7 Å². The molecule has 1 aromatic rings. The van der Waals surface area contributed by atoms with Crippen molar-refractivity contribution < 1.29 is 0 Å². The van der Waals surface area contributed by atoms with Crippen LogP contribution < -0.4 is 10.6 Å². The van der Waals surface area contributed by atoms with Gasteiger partial charge in [0, 0.05) is 35.3 Å². The molecule has 94 valence electrons. The second-order valence-corrected chi connectivity index (χ2v) is 6.87. The summed E-state index contributed by atoms with van der Waals surface area (Å²) in [7, 11) is 0. The van der Waals surface area contributed by atoms with Crippen molar-refractivity contribution >= 4 is 23.5 Å². The Labute approximate surface area is 107 Å². The summed E-state index contributed by atoms with van der Waals surface area (Å²) in [4.78, 5) is 10.8. The van der Waals surface area contributed by atoms with E-state index in [2.05, 4.69) is 28.7 Å². The van der Waals surface area contributed by atoms with E-state index in [1.165, 1.54) is 6.42 Å². The van der Waals surface area contributed by atoms with Crippen molar-refractivity contribution in [3.63, 3.8) is 0 Å². The third-order valence-electron chi connectivity index (χ3n) is 3.02. The lowest BCUT2D eigenvalue weighted by Crippen LogP contribution is -2.28. The molecule has 1 aliphatic rings. The summed E-state index contributed by atoms with van der Waals surface area (Å²) >= 11 is 2.03. The molecule has 1 saturated heterocycles. The highest BCUT2D eigenvalue weighted by molar-refractivity contribution is 8.00. The molecule has 4 nitrogen and oxygen atoms in total. The zero-order valence-corrected chi connectivity index (χ0v) is 11.5. The third kappa shape index (κ3) is 3.25. The van der Waals surface area contributed by atoms with Crippen molar-refractivity contribution in [1.29, 1.82) is 0 Å². The van der Waals surface area contributed by atoms with E-state index >= 15 is 0 Å². The van der Waals surface area contributed by atoms with Gasteiger partial charge in [0.15, 0.2) is 0 Å². The molecule has 0 amide bonds. The van der Waals surface area contributed by atoms with Crippen molar-refractivity contribution in [1.82, 2.24) is 9.97 Å². The molecule has 0 unspecified atom stereocenters. The van der Waals surface area contributed by atoms with Gasteiger partial charge < -0.3 is 10.6 Å². The predicted octanol–water partition coefficient (Wildman–Crippen LogP) is 2.09. The van der Waals surface area contributed by atoms with Crippen LogP contribution in [0.2, 0.25) is 0 Å². The number of hydrogen-bond donors (Lipinski definition) is 1. The van der Waals surface area contributed by atoms with Crippen molar-refractivity contribution in [3.05, 3.63) is 11.8 Å². The maximum Gasteiger partial charge on any atom is 0.222 e. The highest BCUT2D eigenvalue weighted by Gasteiger charge is 2.24. The second kappa shape index (κ2) is 4.72. The van der Waals surface area contributed by atoms with Crippen LogP contribution in [-0.2, 0) is 0 Å². The molecular formula is C12H20N4S. The number of anilines is 2. The molecular weight excluding hydrogens is 232 g/mol. The minimum absolute atomic E-state index is 0.363. The fourth-order valence-electron chi connectivity index (χ4n) is 1.99. The Balaban J connectivity index is 2.17. The molecule has 0 radical (unpaired) electrons. The van der Waals surface area contributed by atoms with Crippen LogP contribution in [0.15, 0.2) is 6.07 Å². The van der Waals surface area contributed by atoms with Gasteiger partial charge in [0.2, 0.25) is 5.95 Å². The lowest BCUT2D eigenvalue weighted by Gasteiger charge is -2.23. The summed E-state index contributed by atoms with van der Waals surface area (Å²) in [6.45, 7) is 8.64. The summed E-state index contributed by atoms with van der Waals surface area (Å²) in [5.74, 6) is 2.47. The summed E-state index contributed by atoms with van der Waals surface area (Å²) in [5.41, 5.74) is 6.64. The van der Waals surface area contributed by atoms with E-state index < -0.39 is 0 Å². The quantitative estimate of drug-likeness (QED) is 0.829. The standard InChI is InChI=1S/C12H20N4S/c1-9-8-10(15-11(13)14-9)16-5-4-12(2,3)17-7-6-16/h8H,4-7H2,1-3H3,(H2,13,14,15). The molecule has 0 aromatic carbocycles. The predicted molar refractivity (Wildman–Crippen MR) is 74.5 cm³/mol. The van der Waals surface area contributed by atoms with Gasteiger partial charge in [-0.2, -0.15) is 16.7 Å². The van der Waals surface area contributed by atoms with Crippen molar-refractivity contribution in [2.24, 2.45) is 0 Å². The molecule has 1 fully saturated rings. The first-order chi connectivity index (χ1) is 7.96. The van der Waals surface area contributed by atoms with Crippen LogP contribution in [0.1, 0.15) is 26.0 Å². The summed E-state index contributed by atoms with van der Waals surface area (Å²) < 4.78 is 0.363. The molecule has 1 aromatic heterocycles. The number of hydrogen-bond acceptors (Lipinski definition) is 5. The number of rotatable bonds is 1. The molecule has 2 N–H and O–H groups in total. The van der Waals surface area contributed by atoms with Crippen LogP contribution in [0.5, 0.6) is 0 Å². The summed E-state index contributed by atoms with van der Waals surface area (Å²) in [6, 6.07) is 2.01. The fraction of sp³-hybridized carbons (Fsp3) is 0.667. The molecule has 5 heteroatoms. The molecule has 0 atom stereocenters. The van der Waals surface area contributed by atoms with E-state index in [4.69, 9.17) is 5.73 Å². The van der Waals surface area contributed by atoms with E-state index in [1.807, 2.05) is 24.8 Å². The van der Waals surface area contributed by atoms with Crippen LogP contribution in [0.25, 0.3) is 0 Å². The average Bonchev–Trinajstić information content (AvgIpc) is 2.38. The maximum atomic E-state index is 5.70. The third-order valence-corrected chi connectivity index (χ3v) is 4.39. The number of aromatic nitrogens is 2. The first-order valence-electron chi connectivity index (χ1n) is 5.96. The van der Waals surface area contributed by atoms with Crippen molar-refractivity contribution in [2.75, 3.05) is 29.5 Å². The Hall–Kier alpha value is -0.970. The molecule has 17 heavy (non-hydrogen) atoms. The Morgan fingerprint density at radius 2 is 2.12 bits per heavy atom. The normalized spacial score (nSPS) is 20.1.